The fraction of sp³-hybridized carbons (Fsp3) is 0.294. The van der Waals surface area contributed by atoms with Crippen LogP contribution in [0.3, 0.4) is 0 Å². The molecule has 0 aliphatic carbocycles. The van der Waals surface area contributed by atoms with Crippen LogP contribution in [0.15, 0.2) is 47.4 Å². The summed E-state index contributed by atoms with van der Waals surface area (Å²) < 4.78 is 75.0. The smallest absolute Gasteiger partial charge is 0.404 e. The Hall–Kier alpha value is -2.17. The Kier molecular flexibility index (Phi) is 5.92. The molecule has 0 amide bonds. The number of hydrogen-bond acceptors (Lipinski definition) is 5. The molecule has 2 aromatic carbocycles. The minimum absolute atomic E-state index is 0.149. The number of alkyl halides is 3. The van der Waals surface area contributed by atoms with E-state index in [-0.39, 0.29) is 10.7 Å². The number of rotatable bonds is 5. The molecule has 0 radical (unpaired) electrons. The molecule has 0 spiro atoms. The van der Waals surface area contributed by atoms with Gasteiger partial charge in [0.1, 0.15) is 10.6 Å². The number of nitrogens with zero attached hydrogens (tertiary/aromatic N) is 1. The van der Waals surface area contributed by atoms with Gasteiger partial charge < -0.3 is 14.4 Å². The molecular formula is C17H16ClF3N2O4S. The number of benzene rings is 2. The van der Waals surface area contributed by atoms with Crippen LogP contribution in [0.5, 0.6) is 5.75 Å². The Morgan fingerprint density at radius 1 is 1.11 bits per heavy atom. The molecule has 1 saturated heterocycles. The number of anilines is 2. The second-order valence-electron chi connectivity index (χ2n) is 5.86. The van der Waals surface area contributed by atoms with Crippen molar-refractivity contribution in [2.45, 2.75) is 11.3 Å². The van der Waals surface area contributed by atoms with Crippen molar-refractivity contribution in [2.75, 3.05) is 35.9 Å². The van der Waals surface area contributed by atoms with Crippen molar-refractivity contribution in [1.29, 1.82) is 0 Å². The van der Waals surface area contributed by atoms with Crippen molar-refractivity contribution in [3.05, 3.63) is 47.5 Å². The van der Waals surface area contributed by atoms with Crippen LogP contribution in [0.1, 0.15) is 0 Å². The lowest BCUT2D eigenvalue weighted by Gasteiger charge is -2.30. The maximum absolute atomic E-state index is 12.8. The number of hydrogen-bond donors (Lipinski definition) is 1. The number of nitrogens with one attached hydrogen (secondary N) is 1. The van der Waals surface area contributed by atoms with Gasteiger partial charge in [-0.05, 0) is 30.3 Å². The van der Waals surface area contributed by atoms with Crippen molar-refractivity contribution in [1.82, 2.24) is 0 Å². The molecule has 1 N–H and O–H groups in total. The standard InChI is InChI=1S/C17H16ClF3N2O4S/c18-12-5-6-14(23-7-9-26-10-8-23)13(11-12)22-28(24,25)16-4-2-1-3-15(16)27-17(19,20)21/h1-6,11,22H,7-10H2. The Balaban J connectivity index is 1.96. The third-order valence-corrected chi connectivity index (χ3v) is 5.56. The molecule has 0 aromatic heterocycles. The van der Waals surface area contributed by atoms with E-state index in [1.807, 2.05) is 4.90 Å². The Morgan fingerprint density at radius 3 is 2.46 bits per heavy atom. The van der Waals surface area contributed by atoms with Crippen molar-refractivity contribution in [2.24, 2.45) is 0 Å². The number of sulfonamides is 1. The lowest BCUT2D eigenvalue weighted by molar-refractivity contribution is -0.275. The SMILES string of the molecule is O=S(=O)(Nc1cc(Cl)ccc1N1CCOCC1)c1ccccc1OC(F)(F)F. The normalized spacial score (nSPS) is 15.4. The zero-order valence-electron chi connectivity index (χ0n) is 14.4. The van der Waals surface area contributed by atoms with E-state index >= 15 is 0 Å². The summed E-state index contributed by atoms with van der Waals surface area (Å²) in [5.74, 6) is -0.822. The average molecular weight is 437 g/mol. The first-order valence-electron chi connectivity index (χ1n) is 8.15. The molecule has 0 bridgehead atoms. The maximum atomic E-state index is 12.8. The molecule has 28 heavy (non-hydrogen) atoms. The predicted molar refractivity (Wildman–Crippen MR) is 98.4 cm³/mol. The summed E-state index contributed by atoms with van der Waals surface area (Å²) in [5.41, 5.74) is 0.696. The predicted octanol–water partition coefficient (Wildman–Crippen LogP) is 3.88. The van der Waals surface area contributed by atoms with Gasteiger partial charge in [-0.2, -0.15) is 0 Å². The first-order valence-corrected chi connectivity index (χ1v) is 10.0. The summed E-state index contributed by atoms with van der Waals surface area (Å²) in [5, 5.41) is 0.273. The molecule has 2 aromatic rings. The van der Waals surface area contributed by atoms with Crippen LogP contribution in [-0.2, 0) is 14.8 Å². The fourth-order valence-corrected chi connectivity index (χ4v) is 4.12. The van der Waals surface area contributed by atoms with Gasteiger partial charge in [0, 0.05) is 18.1 Å². The van der Waals surface area contributed by atoms with E-state index in [2.05, 4.69) is 9.46 Å². The van der Waals surface area contributed by atoms with Crippen molar-refractivity contribution < 1.29 is 31.1 Å². The minimum Gasteiger partial charge on any atom is -0.404 e. The highest BCUT2D eigenvalue weighted by Crippen LogP contribution is 2.34. The van der Waals surface area contributed by atoms with Crippen LogP contribution in [0.4, 0.5) is 24.5 Å². The van der Waals surface area contributed by atoms with Gasteiger partial charge >= 0.3 is 6.36 Å². The first kappa shape index (κ1) is 20.6. The zero-order chi connectivity index (χ0) is 20.4. The first-order chi connectivity index (χ1) is 13.2. The monoisotopic (exact) mass is 436 g/mol. The van der Waals surface area contributed by atoms with Gasteiger partial charge in [-0.15, -0.1) is 13.2 Å². The molecule has 0 saturated carbocycles. The van der Waals surface area contributed by atoms with Gasteiger partial charge in [-0.25, -0.2) is 8.42 Å². The van der Waals surface area contributed by atoms with Crippen LogP contribution in [0, 0.1) is 0 Å². The van der Waals surface area contributed by atoms with Crippen LogP contribution in [0.2, 0.25) is 5.02 Å². The Labute approximate surface area is 164 Å². The second kappa shape index (κ2) is 8.06. The molecule has 0 atom stereocenters. The van der Waals surface area contributed by atoms with E-state index < -0.39 is 27.0 Å². The van der Waals surface area contributed by atoms with Crippen molar-refractivity contribution in [3.8, 4) is 5.75 Å². The molecule has 1 fully saturated rings. The number of ether oxygens (including phenoxy) is 2. The van der Waals surface area contributed by atoms with E-state index in [0.29, 0.717) is 32.0 Å². The number of morpholine rings is 1. The number of halogens is 4. The highest BCUT2D eigenvalue weighted by atomic mass is 35.5. The molecule has 1 aliphatic heterocycles. The summed E-state index contributed by atoms with van der Waals surface area (Å²) >= 11 is 6.00. The molecule has 11 heteroatoms. The van der Waals surface area contributed by atoms with Gasteiger partial charge in [0.25, 0.3) is 10.0 Å². The Morgan fingerprint density at radius 2 is 1.79 bits per heavy atom. The van der Waals surface area contributed by atoms with Crippen LogP contribution < -0.4 is 14.4 Å². The third kappa shape index (κ3) is 5.00. The molecule has 0 unspecified atom stereocenters. The lowest BCUT2D eigenvalue weighted by Crippen LogP contribution is -2.36. The second-order valence-corrected chi connectivity index (χ2v) is 7.95. The highest BCUT2D eigenvalue weighted by molar-refractivity contribution is 7.92. The average Bonchev–Trinajstić information content (AvgIpc) is 2.61. The quantitative estimate of drug-likeness (QED) is 0.770. The maximum Gasteiger partial charge on any atom is 0.573 e. The molecular weight excluding hydrogens is 421 g/mol. The van der Waals surface area contributed by atoms with Crippen LogP contribution in [0.25, 0.3) is 0 Å². The van der Waals surface area contributed by atoms with Crippen LogP contribution >= 0.6 is 11.6 Å². The molecule has 1 aliphatic rings. The van der Waals surface area contributed by atoms with Crippen LogP contribution in [-0.4, -0.2) is 41.1 Å². The fourth-order valence-electron chi connectivity index (χ4n) is 2.75. The topological polar surface area (TPSA) is 67.9 Å². The Bertz CT molecular complexity index is 948. The highest BCUT2D eigenvalue weighted by Gasteiger charge is 2.34. The van der Waals surface area contributed by atoms with E-state index in [1.165, 1.54) is 18.2 Å². The van der Waals surface area contributed by atoms with Gasteiger partial charge in [0.2, 0.25) is 0 Å². The van der Waals surface area contributed by atoms with E-state index in [4.69, 9.17) is 16.3 Å². The largest absolute Gasteiger partial charge is 0.573 e. The zero-order valence-corrected chi connectivity index (χ0v) is 15.9. The minimum atomic E-state index is -5.03. The van der Waals surface area contributed by atoms with Crippen molar-refractivity contribution in [3.63, 3.8) is 0 Å². The summed E-state index contributed by atoms with van der Waals surface area (Å²) in [6.07, 6.45) is -5.03. The van der Waals surface area contributed by atoms with E-state index in [9.17, 15) is 21.6 Å². The van der Waals surface area contributed by atoms with Gasteiger partial charge in [0.15, 0.2) is 0 Å². The lowest BCUT2D eigenvalue weighted by atomic mass is 10.2. The summed E-state index contributed by atoms with van der Waals surface area (Å²) in [7, 11) is -4.39. The molecule has 6 nitrogen and oxygen atoms in total. The van der Waals surface area contributed by atoms with E-state index in [0.717, 1.165) is 12.1 Å². The van der Waals surface area contributed by atoms with Gasteiger partial charge in [-0.1, -0.05) is 23.7 Å². The van der Waals surface area contributed by atoms with Crippen molar-refractivity contribution >= 4 is 33.0 Å². The molecule has 152 valence electrons. The molecule has 3 rings (SSSR count). The van der Waals surface area contributed by atoms with Gasteiger partial charge in [0.05, 0.1) is 24.6 Å². The van der Waals surface area contributed by atoms with E-state index in [1.54, 1.807) is 12.1 Å². The molecule has 1 heterocycles. The summed E-state index contributed by atoms with van der Waals surface area (Å²) in [6, 6.07) is 9.16. The third-order valence-electron chi connectivity index (χ3n) is 3.92. The van der Waals surface area contributed by atoms with Gasteiger partial charge in [-0.3, -0.25) is 4.72 Å². The summed E-state index contributed by atoms with van der Waals surface area (Å²) in [6.45, 7) is 2.00. The number of para-hydroxylation sites is 1. The summed E-state index contributed by atoms with van der Waals surface area (Å²) in [4.78, 5) is 1.26.